The van der Waals surface area contributed by atoms with Crippen LogP contribution in [0.3, 0.4) is 0 Å². The van der Waals surface area contributed by atoms with Gasteiger partial charge < -0.3 is 5.11 Å². The smallest absolute Gasteiger partial charge is 0.330 e. The topological polar surface area (TPSA) is 37.3 Å². The van der Waals surface area contributed by atoms with Gasteiger partial charge in [-0.15, -0.1) is 0 Å². The molecule has 0 saturated carbocycles. The number of alkyl halides is 1. The predicted octanol–water partition coefficient (Wildman–Crippen LogP) is 5.70. The monoisotopic (exact) mass is 332 g/mol. The first-order valence-electron chi connectivity index (χ1n) is 7.64. The van der Waals surface area contributed by atoms with Crippen LogP contribution >= 0.6 is 15.9 Å². The van der Waals surface area contributed by atoms with E-state index in [0.29, 0.717) is 5.57 Å². The van der Waals surface area contributed by atoms with Crippen molar-refractivity contribution in [2.45, 2.75) is 77.6 Å². The largest absolute Gasteiger partial charge is 0.478 e. The second kappa shape index (κ2) is 14.1. The second-order valence-corrected chi connectivity index (χ2v) is 6.00. The Kier molecular flexibility index (Phi) is 13.9. The van der Waals surface area contributed by atoms with E-state index in [2.05, 4.69) is 15.9 Å². The Labute approximate surface area is 126 Å². The minimum atomic E-state index is -0.792. The minimum absolute atomic E-state index is 0.475. The number of allylic oxidation sites excluding steroid dienone is 1. The van der Waals surface area contributed by atoms with Gasteiger partial charge in [-0.05, 0) is 26.2 Å². The van der Waals surface area contributed by atoms with Crippen molar-refractivity contribution in [3.8, 4) is 0 Å². The van der Waals surface area contributed by atoms with Gasteiger partial charge in [0.2, 0.25) is 0 Å². The van der Waals surface area contributed by atoms with Gasteiger partial charge in [0, 0.05) is 10.9 Å². The van der Waals surface area contributed by atoms with Crippen LogP contribution in [0.1, 0.15) is 77.6 Å². The Bertz CT molecular complexity index is 249. The molecule has 0 rings (SSSR count). The number of carbonyl (C=O) groups is 1. The lowest BCUT2D eigenvalue weighted by Gasteiger charge is -2.01. The lowest BCUT2D eigenvalue weighted by Crippen LogP contribution is -1.95. The van der Waals surface area contributed by atoms with Crippen molar-refractivity contribution >= 4 is 21.9 Å². The van der Waals surface area contributed by atoms with Gasteiger partial charge in [0.05, 0.1) is 0 Å². The van der Waals surface area contributed by atoms with Gasteiger partial charge in [-0.1, -0.05) is 73.4 Å². The van der Waals surface area contributed by atoms with E-state index in [9.17, 15) is 4.79 Å². The summed E-state index contributed by atoms with van der Waals surface area (Å²) in [6, 6.07) is 0. The highest BCUT2D eigenvalue weighted by Gasteiger charge is 1.97. The molecule has 112 valence electrons. The lowest BCUT2D eigenvalue weighted by atomic mass is 10.1. The number of rotatable bonds is 13. The first kappa shape index (κ1) is 18.7. The van der Waals surface area contributed by atoms with Gasteiger partial charge in [0.15, 0.2) is 0 Å². The van der Waals surface area contributed by atoms with Crippen molar-refractivity contribution in [1.82, 2.24) is 0 Å². The van der Waals surface area contributed by atoms with Gasteiger partial charge in [-0.2, -0.15) is 0 Å². The van der Waals surface area contributed by atoms with Gasteiger partial charge in [-0.3, -0.25) is 0 Å². The van der Waals surface area contributed by atoms with E-state index in [4.69, 9.17) is 5.11 Å². The summed E-state index contributed by atoms with van der Waals surface area (Å²) in [5.41, 5.74) is 0.475. The van der Waals surface area contributed by atoms with E-state index in [1.54, 1.807) is 6.92 Å². The van der Waals surface area contributed by atoms with Gasteiger partial charge >= 0.3 is 5.97 Å². The van der Waals surface area contributed by atoms with Crippen LogP contribution in [0.15, 0.2) is 11.6 Å². The summed E-state index contributed by atoms with van der Waals surface area (Å²) in [5.74, 6) is -0.792. The average molecular weight is 333 g/mol. The molecule has 0 atom stereocenters. The van der Waals surface area contributed by atoms with Crippen LogP contribution in [0.25, 0.3) is 0 Å². The Balaban J connectivity index is 3.15. The van der Waals surface area contributed by atoms with E-state index in [0.717, 1.165) is 18.2 Å². The third-order valence-corrected chi connectivity index (χ3v) is 3.94. The molecule has 0 aliphatic heterocycles. The van der Waals surface area contributed by atoms with Crippen LogP contribution in [0, 0.1) is 0 Å². The normalized spacial score (nSPS) is 11.8. The summed E-state index contributed by atoms with van der Waals surface area (Å²) >= 11 is 3.45. The van der Waals surface area contributed by atoms with Crippen LogP contribution in [-0.2, 0) is 4.79 Å². The fraction of sp³-hybridized carbons (Fsp3) is 0.812. The maximum Gasteiger partial charge on any atom is 0.330 e. The van der Waals surface area contributed by atoms with Crippen molar-refractivity contribution in [3.05, 3.63) is 11.6 Å². The van der Waals surface area contributed by atoms with E-state index in [1.807, 2.05) is 6.08 Å². The first-order valence-corrected chi connectivity index (χ1v) is 8.76. The van der Waals surface area contributed by atoms with Crippen LogP contribution in [0.2, 0.25) is 0 Å². The molecule has 0 unspecified atom stereocenters. The summed E-state index contributed by atoms with van der Waals surface area (Å²) in [6.45, 7) is 1.66. The molecule has 1 N–H and O–H groups in total. The van der Waals surface area contributed by atoms with E-state index < -0.39 is 5.97 Å². The number of hydrogen-bond donors (Lipinski definition) is 1. The Morgan fingerprint density at radius 3 is 1.74 bits per heavy atom. The summed E-state index contributed by atoms with van der Waals surface area (Å²) in [4.78, 5) is 10.6. The van der Waals surface area contributed by atoms with Gasteiger partial charge in [-0.25, -0.2) is 4.79 Å². The maximum atomic E-state index is 10.6. The zero-order valence-electron chi connectivity index (χ0n) is 12.3. The molecule has 2 nitrogen and oxygen atoms in total. The van der Waals surface area contributed by atoms with Crippen molar-refractivity contribution in [1.29, 1.82) is 0 Å². The third-order valence-electron chi connectivity index (χ3n) is 3.38. The molecule has 0 amide bonds. The minimum Gasteiger partial charge on any atom is -0.478 e. The molecule has 0 bridgehead atoms. The van der Waals surface area contributed by atoms with Crippen LogP contribution in [-0.4, -0.2) is 16.4 Å². The van der Waals surface area contributed by atoms with Crippen LogP contribution in [0.5, 0.6) is 0 Å². The third kappa shape index (κ3) is 13.9. The molecule has 0 heterocycles. The molecule has 3 heteroatoms. The highest BCUT2D eigenvalue weighted by atomic mass is 79.9. The van der Waals surface area contributed by atoms with Crippen molar-refractivity contribution < 1.29 is 9.90 Å². The van der Waals surface area contributed by atoms with Crippen molar-refractivity contribution in [2.24, 2.45) is 0 Å². The molecule has 19 heavy (non-hydrogen) atoms. The van der Waals surface area contributed by atoms with Gasteiger partial charge in [0.25, 0.3) is 0 Å². The first-order chi connectivity index (χ1) is 9.18. The molecule has 0 aromatic carbocycles. The summed E-state index contributed by atoms with van der Waals surface area (Å²) in [6.07, 6.45) is 15.9. The SMILES string of the molecule is C/C(=C\CCCCCCCCCCCCBr)C(=O)O. The van der Waals surface area contributed by atoms with E-state index >= 15 is 0 Å². The van der Waals surface area contributed by atoms with Crippen molar-refractivity contribution in [2.75, 3.05) is 5.33 Å². The zero-order chi connectivity index (χ0) is 14.3. The number of aliphatic carboxylic acids is 1. The standard InChI is InChI=1S/C16H29BrO2/c1-15(16(18)19)13-11-9-7-5-3-2-4-6-8-10-12-14-17/h13H,2-12,14H2,1H3,(H,18,19)/b15-13+. The maximum absolute atomic E-state index is 10.6. The molecule has 0 aliphatic rings. The molecule has 0 fully saturated rings. The Hall–Kier alpha value is -0.310. The number of unbranched alkanes of at least 4 members (excludes halogenated alkanes) is 10. The number of carboxylic acid groups (broad SMARTS) is 1. The molecule has 0 aliphatic carbocycles. The molecule has 0 aromatic heterocycles. The Morgan fingerprint density at radius 1 is 0.895 bits per heavy atom. The number of halogens is 1. The fourth-order valence-corrected chi connectivity index (χ4v) is 2.46. The fourth-order valence-electron chi connectivity index (χ4n) is 2.06. The summed E-state index contributed by atoms with van der Waals surface area (Å²) < 4.78 is 0. The van der Waals surface area contributed by atoms with E-state index in [-0.39, 0.29) is 0 Å². The molecule has 0 spiro atoms. The highest BCUT2D eigenvalue weighted by molar-refractivity contribution is 9.09. The highest BCUT2D eigenvalue weighted by Crippen LogP contribution is 2.12. The molecule has 0 radical (unpaired) electrons. The summed E-state index contributed by atoms with van der Waals surface area (Å²) in [5, 5.41) is 9.83. The molecular weight excluding hydrogens is 304 g/mol. The van der Waals surface area contributed by atoms with Crippen LogP contribution < -0.4 is 0 Å². The van der Waals surface area contributed by atoms with Gasteiger partial charge in [0.1, 0.15) is 0 Å². The molecule has 0 saturated heterocycles. The van der Waals surface area contributed by atoms with E-state index in [1.165, 1.54) is 57.8 Å². The Morgan fingerprint density at radius 2 is 1.32 bits per heavy atom. The summed E-state index contributed by atoms with van der Waals surface area (Å²) in [7, 11) is 0. The average Bonchev–Trinajstić information content (AvgIpc) is 2.39. The quantitative estimate of drug-likeness (QED) is 0.266. The second-order valence-electron chi connectivity index (χ2n) is 5.21. The molecular formula is C16H29BrO2. The predicted molar refractivity (Wildman–Crippen MR) is 86.0 cm³/mol. The molecule has 0 aromatic rings. The lowest BCUT2D eigenvalue weighted by molar-refractivity contribution is -0.132. The van der Waals surface area contributed by atoms with Crippen LogP contribution in [0.4, 0.5) is 0 Å². The zero-order valence-corrected chi connectivity index (χ0v) is 13.9. The number of hydrogen-bond acceptors (Lipinski definition) is 1. The number of carboxylic acids is 1. The van der Waals surface area contributed by atoms with Crippen molar-refractivity contribution in [3.63, 3.8) is 0 Å².